The van der Waals surface area contributed by atoms with Gasteiger partial charge in [-0.3, -0.25) is 0 Å². The zero-order valence-corrected chi connectivity index (χ0v) is 16.2. The lowest BCUT2D eigenvalue weighted by Gasteiger charge is -2.27. The molecule has 0 bridgehead atoms. The van der Waals surface area contributed by atoms with Crippen molar-refractivity contribution in [2.24, 2.45) is 0 Å². The summed E-state index contributed by atoms with van der Waals surface area (Å²) < 4.78 is 5.93. The first-order valence-corrected chi connectivity index (χ1v) is 9.53. The SMILES string of the molecule is CN(C)c1cc(C2CCCc3oc(C=CC(=O)O)cc32)cc2c1N(C)CC2. The molecule has 1 aromatic heterocycles. The van der Waals surface area contributed by atoms with E-state index >= 15 is 0 Å². The number of aliphatic carboxylic acids is 1. The Balaban J connectivity index is 1.76. The number of anilines is 2. The van der Waals surface area contributed by atoms with Crippen LogP contribution < -0.4 is 9.80 Å². The maximum atomic E-state index is 10.8. The summed E-state index contributed by atoms with van der Waals surface area (Å²) in [4.78, 5) is 15.3. The molecule has 0 amide bonds. The zero-order chi connectivity index (χ0) is 19.1. The summed E-state index contributed by atoms with van der Waals surface area (Å²) in [6.45, 7) is 1.06. The molecule has 1 aliphatic carbocycles. The average molecular weight is 366 g/mol. The van der Waals surface area contributed by atoms with E-state index in [1.807, 2.05) is 6.07 Å². The minimum Gasteiger partial charge on any atom is -0.478 e. The third-order valence-corrected chi connectivity index (χ3v) is 5.70. The molecule has 2 aliphatic rings. The van der Waals surface area contributed by atoms with Crippen LogP contribution in [0.15, 0.2) is 28.7 Å². The molecule has 142 valence electrons. The molecule has 27 heavy (non-hydrogen) atoms. The van der Waals surface area contributed by atoms with Crippen molar-refractivity contribution in [1.29, 1.82) is 0 Å². The fraction of sp³-hybridized carbons (Fsp3) is 0.409. The van der Waals surface area contributed by atoms with E-state index in [0.717, 1.165) is 44.1 Å². The van der Waals surface area contributed by atoms with E-state index in [0.29, 0.717) is 11.7 Å². The fourth-order valence-electron chi connectivity index (χ4n) is 4.43. The number of carboxylic acid groups (broad SMARTS) is 1. The molecule has 0 radical (unpaired) electrons. The van der Waals surface area contributed by atoms with Gasteiger partial charge in [0.25, 0.3) is 0 Å². The number of carboxylic acids is 1. The monoisotopic (exact) mass is 366 g/mol. The second kappa shape index (κ2) is 6.80. The molecular weight excluding hydrogens is 340 g/mol. The number of likely N-dealkylation sites (N-methyl/N-ethyl adjacent to an activating group) is 1. The van der Waals surface area contributed by atoms with E-state index in [-0.39, 0.29) is 0 Å². The van der Waals surface area contributed by atoms with Gasteiger partial charge in [0.05, 0.1) is 11.4 Å². The molecule has 2 heterocycles. The fourth-order valence-corrected chi connectivity index (χ4v) is 4.43. The van der Waals surface area contributed by atoms with E-state index in [2.05, 4.69) is 43.1 Å². The summed E-state index contributed by atoms with van der Waals surface area (Å²) in [5, 5.41) is 8.86. The minimum atomic E-state index is -0.959. The standard InChI is InChI=1S/C22H26N2O3/c1-23(2)19-12-15(11-14-9-10-24(3)22(14)19)17-5-4-6-20-18(17)13-16(27-20)7-8-21(25)26/h7-8,11-13,17H,4-6,9-10H2,1-3H3,(H,25,26). The Morgan fingerprint density at radius 1 is 1.30 bits per heavy atom. The first kappa shape index (κ1) is 17.7. The Morgan fingerprint density at radius 3 is 2.85 bits per heavy atom. The molecule has 5 nitrogen and oxygen atoms in total. The molecule has 2 aromatic rings. The van der Waals surface area contributed by atoms with E-state index in [9.17, 15) is 4.79 Å². The first-order valence-electron chi connectivity index (χ1n) is 9.53. The third kappa shape index (κ3) is 3.22. The topological polar surface area (TPSA) is 56.9 Å². The summed E-state index contributed by atoms with van der Waals surface area (Å²) in [6, 6.07) is 6.71. The highest BCUT2D eigenvalue weighted by molar-refractivity contribution is 5.84. The highest BCUT2D eigenvalue weighted by atomic mass is 16.4. The summed E-state index contributed by atoms with van der Waals surface area (Å²) in [6.07, 6.45) is 6.85. The molecule has 0 saturated heterocycles. The molecule has 5 heteroatoms. The number of fused-ring (bicyclic) bond motifs is 2. The van der Waals surface area contributed by atoms with Crippen LogP contribution in [0.25, 0.3) is 6.08 Å². The minimum absolute atomic E-state index is 0.305. The molecule has 4 rings (SSSR count). The highest BCUT2D eigenvalue weighted by Crippen LogP contribution is 2.44. The van der Waals surface area contributed by atoms with Gasteiger partial charge in [0.2, 0.25) is 0 Å². The van der Waals surface area contributed by atoms with Crippen LogP contribution in [0.5, 0.6) is 0 Å². The molecule has 1 N–H and O–H groups in total. The van der Waals surface area contributed by atoms with Gasteiger partial charge in [0.1, 0.15) is 11.5 Å². The van der Waals surface area contributed by atoms with E-state index in [1.54, 1.807) is 6.08 Å². The average Bonchev–Trinajstić information content (AvgIpc) is 3.22. The Kier molecular flexibility index (Phi) is 4.46. The van der Waals surface area contributed by atoms with Crippen molar-refractivity contribution < 1.29 is 14.3 Å². The van der Waals surface area contributed by atoms with Gasteiger partial charge in [0, 0.05) is 51.7 Å². The number of hydrogen-bond donors (Lipinski definition) is 1. The van der Waals surface area contributed by atoms with E-state index in [4.69, 9.17) is 9.52 Å². The second-order valence-electron chi connectivity index (χ2n) is 7.76. The molecule has 0 fully saturated rings. The van der Waals surface area contributed by atoms with Crippen LogP contribution in [0.3, 0.4) is 0 Å². The molecule has 1 atom stereocenters. The van der Waals surface area contributed by atoms with Gasteiger partial charge < -0.3 is 19.3 Å². The van der Waals surface area contributed by atoms with Crippen LogP contribution >= 0.6 is 0 Å². The van der Waals surface area contributed by atoms with Gasteiger partial charge in [-0.15, -0.1) is 0 Å². The highest BCUT2D eigenvalue weighted by Gasteiger charge is 2.29. The van der Waals surface area contributed by atoms with Gasteiger partial charge in [-0.05, 0) is 48.6 Å². The first-order chi connectivity index (χ1) is 12.9. The number of rotatable bonds is 4. The number of hydrogen-bond acceptors (Lipinski definition) is 4. The number of carbonyl (C=O) groups is 1. The third-order valence-electron chi connectivity index (χ3n) is 5.70. The molecule has 0 saturated carbocycles. The quantitative estimate of drug-likeness (QED) is 0.832. The molecule has 1 aromatic carbocycles. The van der Waals surface area contributed by atoms with Gasteiger partial charge in [0.15, 0.2) is 0 Å². The predicted molar refractivity (Wildman–Crippen MR) is 108 cm³/mol. The van der Waals surface area contributed by atoms with Crippen LogP contribution in [0.2, 0.25) is 0 Å². The second-order valence-corrected chi connectivity index (χ2v) is 7.76. The molecule has 1 aliphatic heterocycles. The van der Waals surface area contributed by atoms with Crippen LogP contribution in [-0.2, 0) is 17.6 Å². The number of aryl methyl sites for hydroxylation is 1. The Bertz CT molecular complexity index is 911. The normalized spacial score (nSPS) is 18.6. The van der Waals surface area contributed by atoms with Crippen molar-refractivity contribution in [3.05, 3.63) is 52.5 Å². The number of nitrogens with zero attached hydrogens (tertiary/aromatic N) is 2. The van der Waals surface area contributed by atoms with Crippen LogP contribution in [0.1, 0.15) is 47.0 Å². The van der Waals surface area contributed by atoms with E-state index < -0.39 is 5.97 Å². The maximum Gasteiger partial charge on any atom is 0.328 e. The lowest BCUT2D eigenvalue weighted by atomic mass is 9.81. The van der Waals surface area contributed by atoms with Gasteiger partial charge in [-0.25, -0.2) is 4.79 Å². The number of furan rings is 1. The summed E-state index contributed by atoms with van der Waals surface area (Å²) in [5.41, 5.74) is 6.58. The largest absolute Gasteiger partial charge is 0.478 e. The molecule has 0 spiro atoms. The Labute approximate surface area is 159 Å². The van der Waals surface area contributed by atoms with Crippen LogP contribution in [0, 0.1) is 0 Å². The summed E-state index contributed by atoms with van der Waals surface area (Å²) in [7, 11) is 6.36. The van der Waals surface area contributed by atoms with Crippen molar-refractivity contribution in [3.63, 3.8) is 0 Å². The predicted octanol–water partition coefficient (Wildman–Crippen LogP) is 3.90. The van der Waals surface area contributed by atoms with Crippen LogP contribution in [-0.4, -0.2) is 38.8 Å². The van der Waals surface area contributed by atoms with Crippen molar-refractivity contribution >= 4 is 23.4 Å². The smallest absolute Gasteiger partial charge is 0.328 e. The Hall–Kier alpha value is -2.69. The zero-order valence-electron chi connectivity index (χ0n) is 16.2. The molecule has 1 unspecified atom stereocenters. The number of benzene rings is 1. The van der Waals surface area contributed by atoms with Crippen molar-refractivity contribution in [2.75, 3.05) is 37.5 Å². The van der Waals surface area contributed by atoms with Crippen molar-refractivity contribution in [2.45, 2.75) is 31.6 Å². The van der Waals surface area contributed by atoms with E-state index in [1.165, 1.54) is 28.1 Å². The van der Waals surface area contributed by atoms with Crippen molar-refractivity contribution in [1.82, 2.24) is 0 Å². The summed E-state index contributed by atoms with van der Waals surface area (Å²) in [5.74, 6) is 0.974. The summed E-state index contributed by atoms with van der Waals surface area (Å²) >= 11 is 0. The lowest BCUT2D eigenvalue weighted by Crippen LogP contribution is -2.18. The van der Waals surface area contributed by atoms with Crippen molar-refractivity contribution in [3.8, 4) is 0 Å². The van der Waals surface area contributed by atoms with Gasteiger partial charge in [-0.1, -0.05) is 6.07 Å². The molecular formula is C22H26N2O3. The van der Waals surface area contributed by atoms with Crippen LogP contribution in [0.4, 0.5) is 11.4 Å². The maximum absolute atomic E-state index is 10.8. The van der Waals surface area contributed by atoms with Gasteiger partial charge in [-0.2, -0.15) is 0 Å². The van der Waals surface area contributed by atoms with Gasteiger partial charge >= 0.3 is 5.97 Å². The lowest BCUT2D eigenvalue weighted by molar-refractivity contribution is -0.131. The Morgan fingerprint density at radius 2 is 2.11 bits per heavy atom.